The Morgan fingerprint density at radius 2 is 2.12 bits per heavy atom. The van der Waals surface area contributed by atoms with E-state index in [4.69, 9.17) is 4.74 Å². The number of carbonyl (C=O) groups excluding carboxylic acids is 1. The van der Waals surface area contributed by atoms with Gasteiger partial charge in [-0.1, -0.05) is 0 Å². The van der Waals surface area contributed by atoms with Crippen LogP contribution in [0.25, 0.3) is 0 Å². The first-order valence-electron chi connectivity index (χ1n) is 5.67. The summed E-state index contributed by atoms with van der Waals surface area (Å²) in [5.41, 5.74) is 0. The molecule has 1 saturated heterocycles. The fraction of sp³-hybridized carbons (Fsp3) is 0.909. The SMILES string of the molecule is CC(C)OCC(=O)N1CCNC(C)C1C.Cl. The predicted octanol–water partition coefficient (Wildman–Crippen LogP) is 1.04. The molecule has 16 heavy (non-hydrogen) atoms. The van der Waals surface area contributed by atoms with Crippen molar-refractivity contribution in [1.82, 2.24) is 10.2 Å². The van der Waals surface area contributed by atoms with Crippen LogP contribution in [0.3, 0.4) is 0 Å². The van der Waals surface area contributed by atoms with Crippen LogP contribution in [0.4, 0.5) is 0 Å². The van der Waals surface area contributed by atoms with Gasteiger partial charge in [0.2, 0.25) is 5.91 Å². The highest BCUT2D eigenvalue weighted by atomic mass is 35.5. The zero-order valence-electron chi connectivity index (χ0n) is 10.5. The van der Waals surface area contributed by atoms with Crippen molar-refractivity contribution in [2.24, 2.45) is 0 Å². The standard InChI is InChI=1S/C11H22N2O2.ClH/c1-8(2)15-7-11(14)13-6-5-12-9(3)10(13)4;/h8-10,12H,5-7H2,1-4H3;1H. The van der Waals surface area contributed by atoms with Crippen molar-refractivity contribution in [2.45, 2.75) is 45.9 Å². The fourth-order valence-corrected chi connectivity index (χ4v) is 1.73. The van der Waals surface area contributed by atoms with Crippen molar-refractivity contribution in [1.29, 1.82) is 0 Å². The molecule has 2 atom stereocenters. The van der Waals surface area contributed by atoms with Crippen LogP contribution in [0.1, 0.15) is 27.7 Å². The van der Waals surface area contributed by atoms with Crippen molar-refractivity contribution < 1.29 is 9.53 Å². The third-order valence-corrected chi connectivity index (χ3v) is 2.89. The average Bonchev–Trinajstić information content (AvgIpc) is 2.18. The third-order valence-electron chi connectivity index (χ3n) is 2.89. The van der Waals surface area contributed by atoms with Crippen LogP contribution < -0.4 is 5.32 Å². The van der Waals surface area contributed by atoms with Crippen LogP contribution in [0.5, 0.6) is 0 Å². The molecule has 0 saturated carbocycles. The van der Waals surface area contributed by atoms with Gasteiger partial charge in [0.1, 0.15) is 6.61 Å². The monoisotopic (exact) mass is 250 g/mol. The molecule has 0 aliphatic carbocycles. The highest BCUT2D eigenvalue weighted by Crippen LogP contribution is 2.09. The van der Waals surface area contributed by atoms with Gasteiger partial charge in [-0.2, -0.15) is 0 Å². The molecule has 0 bridgehead atoms. The van der Waals surface area contributed by atoms with Gasteiger partial charge in [-0.3, -0.25) is 4.79 Å². The van der Waals surface area contributed by atoms with Gasteiger partial charge in [0.05, 0.1) is 6.10 Å². The van der Waals surface area contributed by atoms with Crippen molar-refractivity contribution in [3.05, 3.63) is 0 Å². The molecule has 1 amide bonds. The molecule has 1 rings (SSSR count). The molecule has 2 unspecified atom stereocenters. The number of hydrogen-bond acceptors (Lipinski definition) is 3. The summed E-state index contributed by atoms with van der Waals surface area (Å²) in [6, 6.07) is 0.615. The highest BCUT2D eigenvalue weighted by Gasteiger charge is 2.27. The van der Waals surface area contributed by atoms with Crippen LogP contribution >= 0.6 is 12.4 Å². The molecule has 1 aliphatic rings. The molecule has 0 radical (unpaired) electrons. The molecule has 0 aromatic carbocycles. The summed E-state index contributed by atoms with van der Waals surface area (Å²) in [7, 11) is 0. The summed E-state index contributed by atoms with van der Waals surface area (Å²) in [4.78, 5) is 13.7. The van der Waals surface area contributed by atoms with Gasteiger partial charge in [0, 0.05) is 25.2 Å². The van der Waals surface area contributed by atoms with E-state index in [-0.39, 0.29) is 37.1 Å². The Morgan fingerprint density at radius 1 is 1.50 bits per heavy atom. The molecule has 4 nitrogen and oxygen atoms in total. The van der Waals surface area contributed by atoms with Crippen LogP contribution in [-0.4, -0.2) is 48.7 Å². The van der Waals surface area contributed by atoms with E-state index in [9.17, 15) is 4.79 Å². The van der Waals surface area contributed by atoms with Gasteiger partial charge in [0.25, 0.3) is 0 Å². The molecule has 0 aromatic heterocycles. The highest BCUT2D eigenvalue weighted by molar-refractivity contribution is 5.85. The molecule has 96 valence electrons. The molecule has 1 fully saturated rings. The van der Waals surface area contributed by atoms with Crippen LogP contribution in [0.15, 0.2) is 0 Å². The lowest BCUT2D eigenvalue weighted by Crippen LogP contribution is -2.57. The minimum atomic E-state index is 0. The molecule has 5 heteroatoms. The topological polar surface area (TPSA) is 41.6 Å². The Labute approximate surface area is 104 Å². The van der Waals surface area contributed by atoms with Crippen molar-refractivity contribution in [3.63, 3.8) is 0 Å². The number of hydrogen-bond donors (Lipinski definition) is 1. The summed E-state index contributed by atoms with van der Waals surface area (Å²) in [6.45, 7) is 9.92. The van der Waals surface area contributed by atoms with E-state index in [1.54, 1.807) is 0 Å². The first-order chi connectivity index (χ1) is 7.02. The van der Waals surface area contributed by atoms with Gasteiger partial charge in [-0.15, -0.1) is 12.4 Å². The molecular formula is C11H23ClN2O2. The quantitative estimate of drug-likeness (QED) is 0.814. The number of nitrogens with zero attached hydrogens (tertiary/aromatic N) is 1. The van der Waals surface area contributed by atoms with Gasteiger partial charge in [0.15, 0.2) is 0 Å². The van der Waals surface area contributed by atoms with Crippen LogP contribution in [-0.2, 0) is 9.53 Å². The van der Waals surface area contributed by atoms with E-state index in [2.05, 4.69) is 19.2 Å². The number of nitrogens with one attached hydrogen (secondary N) is 1. The summed E-state index contributed by atoms with van der Waals surface area (Å²) < 4.78 is 5.33. The van der Waals surface area contributed by atoms with E-state index in [0.29, 0.717) is 6.04 Å². The lowest BCUT2D eigenvalue weighted by Gasteiger charge is -2.38. The van der Waals surface area contributed by atoms with E-state index < -0.39 is 0 Å². The second kappa shape index (κ2) is 7.09. The fourth-order valence-electron chi connectivity index (χ4n) is 1.73. The first kappa shape index (κ1) is 15.7. The number of piperazine rings is 1. The summed E-state index contributed by atoms with van der Waals surface area (Å²) >= 11 is 0. The summed E-state index contributed by atoms with van der Waals surface area (Å²) in [6.07, 6.45) is 0.115. The molecule has 1 heterocycles. The van der Waals surface area contributed by atoms with Gasteiger partial charge in [-0.25, -0.2) is 0 Å². The molecular weight excluding hydrogens is 228 g/mol. The number of halogens is 1. The maximum absolute atomic E-state index is 11.8. The Kier molecular flexibility index (Phi) is 6.95. The minimum Gasteiger partial charge on any atom is -0.369 e. The van der Waals surface area contributed by atoms with Gasteiger partial charge >= 0.3 is 0 Å². The second-order valence-corrected chi connectivity index (χ2v) is 4.43. The first-order valence-corrected chi connectivity index (χ1v) is 5.67. The predicted molar refractivity (Wildman–Crippen MR) is 67.0 cm³/mol. The zero-order chi connectivity index (χ0) is 11.4. The van der Waals surface area contributed by atoms with Crippen molar-refractivity contribution in [2.75, 3.05) is 19.7 Å². The number of carbonyl (C=O) groups is 1. The Balaban J connectivity index is 0.00000225. The second-order valence-electron chi connectivity index (χ2n) is 4.43. The van der Waals surface area contributed by atoms with Gasteiger partial charge in [-0.05, 0) is 27.7 Å². The van der Waals surface area contributed by atoms with Crippen molar-refractivity contribution >= 4 is 18.3 Å². The minimum absolute atomic E-state index is 0. The number of amides is 1. The lowest BCUT2D eigenvalue weighted by atomic mass is 10.1. The Bertz CT molecular complexity index is 224. The largest absolute Gasteiger partial charge is 0.369 e. The van der Waals surface area contributed by atoms with Crippen LogP contribution in [0.2, 0.25) is 0 Å². The van der Waals surface area contributed by atoms with E-state index in [0.717, 1.165) is 13.1 Å². The lowest BCUT2D eigenvalue weighted by molar-refractivity contribution is -0.141. The molecule has 1 N–H and O–H groups in total. The summed E-state index contributed by atoms with van der Waals surface area (Å²) in [5, 5.41) is 3.35. The molecule has 0 aromatic rings. The number of rotatable bonds is 3. The smallest absolute Gasteiger partial charge is 0.248 e. The summed E-state index contributed by atoms with van der Waals surface area (Å²) in [5.74, 6) is 0.101. The van der Waals surface area contributed by atoms with E-state index >= 15 is 0 Å². The third kappa shape index (κ3) is 4.28. The molecule has 1 aliphatic heterocycles. The van der Waals surface area contributed by atoms with Crippen LogP contribution in [0, 0.1) is 0 Å². The Morgan fingerprint density at radius 3 is 2.69 bits per heavy atom. The van der Waals surface area contributed by atoms with E-state index in [1.807, 2.05) is 18.7 Å². The maximum atomic E-state index is 11.8. The number of ether oxygens (including phenoxy) is 1. The zero-order valence-corrected chi connectivity index (χ0v) is 11.3. The van der Waals surface area contributed by atoms with Gasteiger partial charge < -0.3 is 15.0 Å². The van der Waals surface area contributed by atoms with E-state index in [1.165, 1.54) is 0 Å². The molecule has 0 spiro atoms. The average molecular weight is 251 g/mol. The maximum Gasteiger partial charge on any atom is 0.248 e. The Hall–Kier alpha value is -0.320. The van der Waals surface area contributed by atoms with Crippen molar-refractivity contribution in [3.8, 4) is 0 Å². The normalized spacial score (nSPS) is 25.4.